The first-order valence-corrected chi connectivity index (χ1v) is 11.1. The third-order valence-electron chi connectivity index (χ3n) is 5.81. The Morgan fingerprint density at radius 3 is 2.56 bits per heavy atom. The van der Waals surface area contributed by atoms with Gasteiger partial charge in [0.15, 0.2) is 11.6 Å². The molecule has 0 bridgehead atoms. The summed E-state index contributed by atoms with van der Waals surface area (Å²) in [6.45, 7) is 2.81. The van der Waals surface area contributed by atoms with E-state index in [1.165, 1.54) is 19.1 Å². The van der Waals surface area contributed by atoms with E-state index in [0.717, 1.165) is 23.9 Å². The first-order chi connectivity index (χ1) is 16.1. The number of alkyl halides is 3. The lowest BCUT2D eigenvalue weighted by molar-refractivity contribution is -0.138. The van der Waals surface area contributed by atoms with E-state index in [9.17, 15) is 18.3 Å². The summed E-state index contributed by atoms with van der Waals surface area (Å²) in [6.07, 6.45) is -2.06. The number of nitrogens with zero attached hydrogens (tertiary/aromatic N) is 2. The number of benzene rings is 1. The van der Waals surface area contributed by atoms with Crippen molar-refractivity contribution in [3.63, 3.8) is 0 Å². The van der Waals surface area contributed by atoms with Gasteiger partial charge in [-0.1, -0.05) is 17.7 Å². The minimum absolute atomic E-state index is 0.0537. The summed E-state index contributed by atoms with van der Waals surface area (Å²) >= 11 is 5.94. The number of aliphatic hydroxyl groups is 1. The average Bonchev–Trinajstić information content (AvgIpc) is 2.80. The molecule has 1 aliphatic rings. The number of piperidine rings is 1. The van der Waals surface area contributed by atoms with Gasteiger partial charge in [0.1, 0.15) is 6.10 Å². The highest BCUT2D eigenvalue weighted by molar-refractivity contribution is 6.30. The number of pyridine rings is 2. The van der Waals surface area contributed by atoms with Gasteiger partial charge in [-0.2, -0.15) is 13.2 Å². The predicted octanol–water partition coefficient (Wildman–Crippen LogP) is 4.98. The van der Waals surface area contributed by atoms with Crippen LogP contribution in [0.3, 0.4) is 0 Å². The maximum atomic E-state index is 13.5. The zero-order valence-electron chi connectivity index (χ0n) is 18.3. The van der Waals surface area contributed by atoms with Gasteiger partial charge in [0.2, 0.25) is 0 Å². The first-order valence-electron chi connectivity index (χ1n) is 10.8. The number of nitrogens with two attached hydrogens (primary N) is 1. The van der Waals surface area contributed by atoms with Gasteiger partial charge in [0, 0.05) is 58.8 Å². The van der Waals surface area contributed by atoms with Crippen molar-refractivity contribution in [2.45, 2.75) is 37.6 Å². The fourth-order valence-electron chi connectivity index (χ4n) is 4.05. The highest BCUT2D eigenvalue weighted by Gasteiger charge is 2.35. The summed E-state index contributed by atoms with van der Waals surface area (Å²) < 4.78 is 46.2. The lowest BCUT2D eigenvalue weighted by atomic mass is 9.93. The third kappa shape index (κ3) is 5.43. The number of aromatic nitrogens is 2. The second-order valence-electron chi connectivity index (χ2n) is 8.31. The van der Waals surface area contributed by atoms with Crippen molar-refractivity contribution in [2.24, 2.45) is 0 Å². The molecule has 1 saturated heterocycles. The summed E-state index contributed by atoms with van der Waals surface area (Å²) in [5.41, 5.74) is 7.29. The predicted molar refractivity (Wildman–Crippen MR) is 124 cm³/mol. The SMILES string of the molecule is CC(Oc1cc(-c2ccc(C3CNCC(O)C3)nc2)cnc1N)c1cc(Cl)ccc1C(F)(F)F. The monoisotopic (exact) mass is 492 g/mol. The van der Waals surface area contributed by atoms with Gasteiger partial charge < -0.3 is 20.9 Å². The molecule has 0 radical (unpaired) electrons. The molecule has 1 aromatic carbocycles. The molecule has 3 heterocycles. The maximum absolute atomic E-state index is 13.5. The van der Waals surface area contributed by atoms with Gasteiger partial charge in [0.25, 0.3) is 0 Å². The van der Waals surface area contributed by atoms with E-state index in [1.54, 1.807) is 18.5 Å². The molecule has 3 unspecified atom stereocenters. The van der Waals surface area contributed by atoms with E-state index in [-0.39, 0.29) is 28.1 Å². The van der Waals surface area contributed by atoms with Crippen LogP contribution in [0.4, 0.5) is 19.0 Å². The molecule has 2 aromatic heterocycles. The lowest BCUT2D eigenvalue weighted by Crippen LogP contribution is -2.38. The molecule has 3 aromatic rings. The molecule has 3 atom stereocenters. The largest absolute Gasteiger partial charge is 0.482 e. The lowest BCUT2D eigenvalue weighted by Gasteiger charge is -2.26. The number of anilines is 1. The van der Waals surface area contributed by atoms with Crippen LogP contribution >= 0.6 is 11.6 Å². The average molecular weight is 493 g/mol. The highest BCUT2D eigenvalue weighted by Crippen LogP contribution is 2.38. The Labute approximate surface area is 199 Å². The van der Waals surface area contributed by atoms with E-state index in [2.05, 4.69) is 15.3 Å². The second kappa shape index (κ2) is 9.77. The molecule has 0 saturated carbocycles. The standard InChI is InChI=1S/C24H24ClF3N4O2/c1-13(19-8-17(25)3-4-20(19)24(26,27)28)34-22-7-15(11-32-23(22)29)14-2-5-21(31-10-14)16-6-18(33)12-30-9-16/h2-5,7-8,10-11,13,16,18,30,33H,6,9,12H2,1H3,(H2,29,32). The van der Waals surface area contributed by atoms with Crippen molar-refractivity contribution < 1.29 is 23.0 Å². The zero-order chi connectivity index (χ0) is 24.5. The Morgan fingerprint density at radius 2 is 1.88 bits per heavy atom. The summed E-state index contributed by atoms with van der Waals surface area (Å²) in [4.78, 5) is 8.68. The third-order valence-corrected chi connectivity index (χ3v) is 6.04. The van der Waals surface area contributed by atoms with Crippen LogP contribution < -0.4 is 15.8 Å². The maximum Gasteiger partial charge on any atom is 0.416 e. The van der Waals surface area contributed by atoms with Crippen LogP contribution in [0.1, 0.15) is 42.2 Å². The van der Waals surface area contributed by atoms with Gasteiger partial charge in [-0.25, -0.2) is 4.98 Å². The van der Waals surface area contributed by atoms with E-state index in [4.69, 9.17) is 22.1 Å². The molecule has 34 heavy (non-hydrogen) atoms. The van der Waals surface area contributed by atoms with E-state index in [1.807, 2.05) is 12.1 Å². The van der Waals surface area contributed by atoms with E-state index in [0.29, 0.717) is 18.5 Å². The Kier molecular flexibility index (Phi) is 6.97. The molecule has 1 fully saturated rings. The summed E-state index contributed by atoms with van der Waals surface area (Å²) in [5, 5.41) is 13.2. The van der Waals surface area contributed by atoms with Crippen LogP contribution in [-0.4, -0.2) is 34.3 Å². The number of rotatable bonds is 5. The number of aliphatic hydroxyl groups excluding tert-OH is 1. The normalized spacial score (nSPS) is 19.6. The number of nitrogens with one attached hydrogen (secondary N) is 1. The Hall–Kier alpha value is -2.88. The number of hydrogen-bond donors (Lipinski definition) is 3. The van der Waals surface area contributed by atoms with Crippen LogP contribution in [0.2, 0.25) is 5.02 Å². The van der Waals surface area contributed by atoms with Crippen molar-refractivity contribution in [3.05, 3.63) is 70.6 Å². The van der Waals surface area contributed by atoms with E-state index >= 15 is 0 Å². The summed E-state index contributed by atoms with van der Waals surface area (Å²) in [5.74, 6) is 0.322. The first kappa shape index (κ1) is 24.3. The molecule has 4 rings (SSSR count). The Bertz CT molecular complexity index is 1160. The van der Waals surface area contributed by atoms with Crippen LogP contribution in [0.25, 0.3) is 11.1 Å². The number of β-amino-alcohol motifs (C(OH)–C–C–N with tert-alkyl or cyclic N) is 1. The highest BCUT2D eigenvalue weighted by atomic mass is 35.5. The molecule has 0 spiro atoms. The Balaban J connectivity index is 1.57. The second-order valence-corrected chi connectivity index (χ2v) is 8.75. The van der Waals surface area contributed by atoms with Crippen LogP contribution in [0.5, 0.6) is 5.75 Å². The molecular weight excluding hydrogens is 469 g/mol. The molecule has 6 nitrogen and oxygen atoms in total. The van der Waals surface area contributed by atoms with Crippen molar-refractivity contribution in [1.82, 2.24) is 15.3 Å². The summed E-state index contributed by atoms with van der Waals surface area (Å²) in [6, 6.07) is 8.76. The Morgan fingerprint density at radius 1 is 1.12 bits per heavy atom. The fourth-order valence-corrected chi connectivity index (χ4v) is 4.23. The van der Waals surface area contributed by atoms with E-state index < -0.39 is 23.9 Å². The van der Waals surface area contributed by atoms with Crippen molar-refractivity contribution in [1.29, 1.82) is 0 Å². The van der Waals surface area contributed by atoms with Crippen LogP contribution in [-0.2, 0) is 6.18 Å². The topological polar surface area (TPSA) is 93.3 Å². The van der Waals surface area contributed by atoms with Gasteiger partial charge in [-0.15, -0.1) is 0 Å². The number of nitrogen functional groups attached to an aromatic ring is 1. The van der Waals surface area contributed by atoms with Crippen LogP contribution in [0.15, 0.2) is 48.8 Å². The van der Waals surface area contributed by atoms with Crippen LogP contribution in [0, 0.1) is 0 Å². The molecule has 0 aliphatic carbocycles. The van der Waals surface area contributed by atoms with Gasteiger partial charge in [0.05, 0.1) is 11.7 Å². The molecular formula is C24H24ClF3N4O2. The fraction of sp³-hybridized carbons (Fsp3) is 0.333. The summed E-state index contributed by atoms with van der Waals surface area (Å²) in [7, 11) is 0. The molecule has 0 amide bonds. The molecule has 10 heteroatoms. The zero-order valence-corrected chi connectivity index (χ0v) is 19.1. The number of hydrogen-bond acceptors (Lipinski definition) is 6. The van der Waals surface area contributed by atoms with Crippen molar-refractivity contribution in [3.8, 4) is 16.9 Å². The molecule has 180 valence electrons. The van der Waals surface area contributed by atoms with Gasteiger partial charge in [-0.05, 0) is 43.7 Å². The minimum Gasteiger partial charge on any atom is -0.482 e. The van der Waals surface area contributed by atoms with Crippen molar-refractivity contribution in [2.75, 3.05) is 18.8 Å². The van der Waals surface area contributed by atoms with Gasteiger partial charge >= 0.3 is 6.18 Å². The number of ether oxygens (including phenoxy) is 1. The quantitative estimate of drug-likeness (QED) is 0.465. The molecule has 1 aliphatic heterocycles. The number of halogens is 4. The van der Waals surface area contributed by atoms with Crippen molar-refractivity contribution >= 4 is 17.4 Å². The van der Waals surface area contributed by atoms with Gasteiger partial charge in [-0.3, -0.25) is 4.98 Å². The molecule has 4 N–H and O–H groups in total. The smallest absolute Gasteiger partial charge is 0.416 e. The minimum atomic E-state index is -4.56.